The molecule has 0 aliphatic heterocycles. The van der Waals surface area contributed by atoms with Crippen molar-refractivity contribution >= 4 is 39.0 Å². The van der Waals surface area contributed by atoms with Gasteiger partial charge in [0.2, 0.25) is 15.9 Å². The number of nitrogens with zero attached hydrogens (tertiary/aromatic N) is 4. The minimum absolute atomic E-state index is 0.131. The van der Waals surface area contributed by atoms with Gasteiger partial charge in [0.15, 0.2) is 11.4 Å². The lowest BCUT2D eigenvalue weighted by atomic mass is 10.1. The topological polar surface area (TPSA) is 141 Å². The SMILES string of the molecule is CN(C)S(=O)(=O)c1ccc2oc(SCc3nc(C(C)(C)NC(=O)OC(C)(C)C)no3)nc2c1. The van der Waals surface area contributed by atoms with E-state index in [-0.39, 0.29) is 10.6 Å². The molecule has 0 aliphatic carbocycles. The second-order valence-corrected chi connectivity index (χ2v) is 12.0. The molecule has 0 unspecified atom stereocenters. The van der Waals surface area contributed by atoms with Gasteiger partial charge in [-0.15, -0.1) is 0 Å². The number of oxazole rings is 1. The Kier molecular flexibility index (Phi) is 6.78. The number of thioether (sulfide) groups is 1. The average molecular weight is 498 g/mol. The van der Waals surface area contributed by atoms with Crippen molar-refractivity contribution in [3.8, 4) is 0 Å². The highest BCUT2D eigenvalue weighted by Crippen LogP contribution is 2.28. The number of alkyl carbamates (subject to hydrolysis) is 1. The number of fused-ring (bicyclic) bond motifs is 1. The van der Waals surface area contributed by atoms with E-state index in [0.29, 0.717) is 28.0 Å². The second-order valence-electron chi connectivity index (χ2n) is 8.95. The fourth-order valence-electron chi connectivity index (χ4n) is 2.62. The van der Waals surface area contributed by atoms with Gasteiger partial charge < -0.3 is 19.0 Å². The maximum Gasteiger partial charge on any atom is 0.408 e. The van der Waals surface area contributed by atoms with Crippen LogP contribution in [-0.2, 0) is 26.1 Å². The van der Waals surface area contributed by atoms with E-state index >= 15 is 0 Å². The first kappa shape index (κ1) is 25.0. The summed E-state index contributed by atoms with van der Waals surface area (Å²) in [4.78, 5) is 20.9. The van der Waals surface area contributed by atoms with Crippen LogP contribution in [0.15, 0.2) is 37.3 Å². The van der Waals surface area contributed by atoms with Gasteiger partial charge in [0.25, 0.3) is 5.22 Å². The molecule has 1 aromatic carbocycles. The Morgan fingerprint density at radius 2 is 1.88 bits per heavy atom. The fraction of sp³-hybridized carbons (Fsp3) is 0.500. The summed E-state index contributed by atoms with van der Waals surface area (Å²) < 4.78 is 42.0. The molecule has 1 N–H and O–H groups in total. The van der Waals surface area contributed by atoms with Gasteiger partial charge in [-0.2, -0.15) is 4.98 Å². The Hall–Kier alpha value is -2.64. The van der Waals surface area contributed by atoms with Gasteiger partial charge in [0.05, 0.1) is 10.6 Å². The largest absolute Gasteiger partial charge is 0.444 e. The monoisotopic (exact) mass is 497 g/mol. The van der Waals surface area contributed by atoms with E-state index in [2.05, 4.69) is 20.4 Å². The van der Waals surface area contributed by atoms with Crippen molar-refractivity contribution in [2.24, 2.45) is 0 Å². The summed E-state index contributed by atoms with van der Waals surface area (Å²) in [7, 11) is -0.642. The van der Waals surface area contributed by atoms with Crippen LogP contribution in [0.1, 0.15) is 46.3 Å². The molecule has 3 rings (SSSR count). The maximum atomic E-state index is 12.3. The normalized spacial score (nSPS) is 13.0. The lowest BCUT2D eigenvalue weighted by molar-refractivity contribution is 0.0465. The lowest BCUT2D eigenvalue weighted by Gasteiger charge is -2.26. The molecule has 0 spiro atoms. The van der Waals surface area contributed by atoms with Crippen LogP contribution in [0.4, 0.5) is 4.79 Å². The average Bonchev–Trinajstić information content (AvgIpc) is 3.30. The summed E-state index contributed by atoms with van der Waals surface area (Å²) in [6.45, 7) is 8.80. The van der Waals surface area contributed by atoms with E-state index < -0.39 is 27.3 Å². The Bertz CT molecular complexity index is 1260. The summed E-state index contributed by atoms with van der Waals surface area (Å²) in [6.07, 6.45) is -0.588. The van der Waals surface area contributed by atoms with Gasteiger partial charge >= 0.3 is 6.09 Å². The molecule has 0 saturated heterocycles. The van der Waals surface area contributed by atoms with Crippen molar-refractivity contribution in [3.05, 3.63) is 29.9 Å². The number of ether oxygens (including phenoxy) is 1. The van der Waals surface area contributed by atoms with Crippen LogP contribution < -0.4 is 5.32 Å². The summed E-state index contributed by atoms with van der Waals surface area (Å²) in [5, 5.41) is 7.01. The lowest BCUT2D eigenvalue weighted by Crippen LogP contribution is -2.44. The molecular formula is C20H27N5O6S2. The van der Waals surface area contributed by atoms with Gasteiger partial charge in [-0.05, 0) is 52.8 Å². The van der Waals surface area contributed by atoms with Crippen molar-refractivity contribution in [2.45, 2.75) is 61.6 Å². The third-order valence-corrected chi connectivity index (χ3v) is 6.90. The number of hydrogen-bond acceptors (Lipinski definition) is 10. The molecule has 33 heavy (non-hydrogen) atoms. The van der Waals surface area contributed by atoms with E-state index in [4.69, 9.17) is 13.7 Å². The van der Waals surface area contributed by atoms with E-state index in [1.165, 1.54) is 38.0 Å². The number of sulfonamides is 1. The van der Waals surface area contributed by atoms with Crippen molar-refractivity contribution in [3.63, 3.8) is 0 Å². The van der Waals surface area contributed by atoms with Gasteiger partial charge in [-0.25, -0.2) is 22.5 Å². The minimum atomic E-state index is -3.57. The Morgan fingerprint density at radius 3 is 2.52 bits per heavy atom. The number of benzene rings is 1. The Balaban J connectivity index is 1.68. The number of carbonyl (C=O) groups is 1. The maximum absolute atomic E-state index is 12.3. The number of nitrogens with one attached hydrogen (secondary N) is 1. The zero-order valence-electron chi connectivity index (χ0n) is 19.5. The predicted molar refractivity (Wildman–Crippen MR) is 121 cm³/mol. The zero-order valence-corrected chi connectivity index (χ0v) is 21.1. The number of aromatic nitrogens is 3. The molecule has 3 aromatic rings. The summed E-state index contributed by atoms with van der Waals surface area (Å²) in [5.74, 6) is 0.873. The molecule has 2 aromatic heterocycles. The van der Waals surface area contributed by atoms with Crippen LogP contribution in [0.5, 0.6) is 0 Å². The highest BCUT2D eigenvalue weighted by Gasteiger charge is 2.31. The van der Waals surface area contributed by atoms with E-state index in [1.54, 1.807) is 40.7 Å². The van der Waals surface area contributed by atoms with E-state index in [9.17, 15) is 13.2 Å². The highest BCUT2D eigenvalue weighted by molar-refractivity contribution is 7.98. The van der Waals surface area contributed by atoms with Crippen LogP contribution in [0.2, 0.25) is 0 Å². The second kappa shape index (κ2) is 8.95. The zero-order chi connectivity index (χ0) is 24.6. The first-order valence-electron chi connectivity index (χ1n) is 9.97. The molecule has 13 heteroatoms. The van der Waals surface area contributed by atoms with Crippen LogP contribution in [0, 0.1) is 0 Å². The third-order valence-electron chi connectivity index (χ3n) is 4.28. The van der Waals surface area contributed by atoms with Gasteiger partial charge in [-0.3, -0.25) is 0 Å². The van der Waals surface area contributed by atoms with Crippen molar-refractivity contribution < 1.29 is 26.9 Å². The molecule has 2 heterocycles. The molecule has 0 saturated carbocycles. The summed E-state index contributed by atoms with van der Waals surface area (Å²) >= 11 is 1.22. The molecule has 0 bridgehead atoms. The highest BCUT2D eigenvalue weighted by atomic mass is 32.2. The van der Waals surface area contributed by atoms with Crippen LogP contribution in [0.3, 0.4) is 0 Å². The number of rotatable bonds is 7. The molecule has 0 radical (unpaired) electrons. The Labute approximate surface area is 196 Å². The van der Waals surface area contributed by atoms with Gasteiger partial charge in [0, 0.05) is 14.1 Å². The van der Waals surface area contributed by atoms with E-state index in [1.807, 2.05) is 0 Å². The quantitative estimate of drug-likeness (QED) is 0.482. The predicted octanol–water partition coefficient (Wildman–Crippen LogP) is 3.51. The molecule has 0 aliphatic rings. The van der Waals surface area contributed by atoms with E-state index in [0.717, 1.165) is 4.31 Å². The van der Waals surface area contributed by atoms with Gasteiger partial charge in [-0.1, -0.05) is 16.9 Å². The number of hydrogen-bond donors (Lipinski definition) is 1. The molecule has 0 fully saturated rings. The van der Waals surface area contributed by atoms with Gasteiger partial charge in [0.1, 0.15) is 16.7 Å². The third kappa shape index (κ3) is 6.03. The minimum Gasteiger partial charge on any atom is -0.444 e. The standard InChI is InChI=1S/C20H27N5O6S2/c1-19(2,3)30-17(26)23-20(4,5)16-22-15(31-24-16)11-32-18-21-13-10-12(8-9-14(13)29-18)33(27,28)25(6)7/h8-10H,11H2,1-7H3,(H,23,26). The van der Waals surface area contributed by atoms with Crippen LogP contribution in [0.25, 0.3) is 11.1 Å². The molecule has 1 amide bonds. The van der Waals surface area contributed by atoms with Crippen molar-refractivity contribution in [2.75, 3.05) is 14.1 Å². The van der Waals surface area contributed by atoms with Crippen molar-refractivity contribution in [1.29, 1.82) is 0 Å². The first-order valence-corrected chi connectivity index (χ1v) is 12.4. The summed E-state index contributed by atoms with van der Waals surface area (Å²) in [5.41, 5.74) is -0.657. The first-order chi connectivity index (χ1) is 15.2. The van der Waals surface area contributed by atoms with Crippen LogP contribution in [-0.4, -0.2) is 53.6 Å². The molecular weight excluding hydrogens is 470 g/mol. The number of amides is 1. The Morgan fingerprint density at radius 1 is 1.18 bits per heavy atom. The number of carbonyl (C=O) groups excluding carboxylic acids is 1. The molecule has 180 valence electrons. The smallest absolute Gasteiger partial charge is 0.408 e. The van der Waals surface area contributed by atoms with Crippen molar-refractivity contribution in [1.82, 2.24) is 24.7 Å². The summed E-state index contributed by atoms with van der Waals surface area (Å²) in [6, 6.07) is 4.51. The fourth-order valence-corrected chi connectivity index (χ4v) is 4.22. The molecule has 11 nitrogen and oxygen atoms in total. The van der Waals surface area contributed by atoms with Crippen LogP contribution >= 0.6 is 11.8 Å². The molecule has 0 atom stereocenters.